The van der Waals surface area contributed by atoms with Gasteiger partial charge in [0.1, 0.15) is 5.75 Å². The van der Waals surface area contributed by atoms with E-state index in [1.165, 1.54) is 11.1 Å². The van der Waals surface area contributed by atoms with Crippen molar-refractivity contribution in [3.8, 4) is 5.75 Å². The molecule has 0 amide bonds. The lowest BCUT2D eigenvalue weighted by Gasteiger charge is -2.21. The molecule has 2 atom stereocenters. The minimum absolute atomic E-state index is 0.159. The van der Waals surface area contributed by atoms with Crippen LogP contribution in [0, 0.1) is 0 Å². The number of rotatable bonds is 6. The third-order valence-electron chi connectivity index (χ3n) is 3.37. The van der Waals surface area contributed by atoms with Gasteiger partial charge in [0.15, 0.2) is 0 Å². The van der Waals surface area contributed by atoms with Gasteiger partial charge in [-0.15, -0.1) is 0 Å². The predicted molar refractivity (Wildman–Crippen MR) is 87.4 cm³/mol. The van der Waals surface area contributed by atoms with Crippen molar-refractivity contribution in [2.75, 3.05) is 12.8 Å². The van der Waals surface area contributed by atoms with Crippen molar-refractivity contribution >= 4 is 11.8 Å². The molecule has 0 bridgehead atoms. The Hall–Kier alpha value is -1.45. The molecule has 0 aliphatic carbocycles. The molecule has 0 fully saturated rings. The molecule has 0 aromatic heterocycles. The first kappa shape index (κ1) is 14.9. The molecule has 0 heterocycles. The van der Waals surface area contributed by atoms with Crippen LogP contribution in [0.4, 0.5) is 0 Å². The van der Waals surface area contributed by atoms with Gasteiger partial charge in [-0.25, -0.2) is 0 Å². The average Bonchev–Trinajstić information content (AvgIpc) is 2.50. The quantitative estimate of drug-likeness (QED) is 0.847. The zero-order valence-electron chi connectivity index (χ0n) is 11.9. The van der Waals surface area contributed by atoms with Crippen molar-refractivity contribution in [3.05, 3.63) is 65.7 Å². The van der Waals surface area contributed by atoms with E-state index in [9.17, 15) is 5.11 Å². The van der Waals surface area contributed by atoms with Gasteiger partial charge in [-0.05, 0) is 29.5 Å². The van der Waals surface area contributed by atoms with Crippen LogP contribution in [0.5, 0.6) is 5.75 Å². The SMILES string of the molecule is CSC(C)CNC(c1ccccc1)c1ccc(O)cc1. The zero-order valence-corrected chi connectivity index (χ0v) is 12.7. The van der Waals surface area contributed by atoms with E-state index in [4.69, 9.17) is 0 Å². The number of phenolic OH excluding ortho intramolecular Hbond substituents is 1. The van der Waals surface area contributed by atoms with Crippen molar-refractivity contribution in [2.45, 2.75) is 18.2 Å². The Morgan fingerprint density at radius 1 is 1.00 bits per heavy atom. The fraction of sp³-hybridized carbons (Fsp3) is 0.294. The summed E-state index contributed by atoms with van der Waals surface area (Å²) in [5, 5.41) is 13.6. The van der Waals surface area contributed by atoms with Gasteiger partial charge in [0, 0.05) is 11.8 Å². The molecule has 0 aliphatic heterocycles. The molecule has 3 heteroatoms. The second kappa shape index (κ2) is 7.36. The van der Waals surface area contributed by atoms with E-state index in [0.29, 0.717) is 11.0 Å². The lowest BCUT2D eigenvalue weighted by atomic mass is 9.98. The number of thioether (sulfide) groups is 1. The molecule has 2 aromatic rings. The summed E-state index contributed by atoms with van der Waals surface area (Å²) >= 11 is 1.86. The van der Waals surface area contributed by atoms with Crippen molar-refractivity contribution in [3.63, 3.8) is 0 Å². The Morgan fingerprint density at radius 3 is 2.20 bits per heavy atom. The van der Waals surface area contributed by atoms with Crippen molar-refractivity contribution in [1.29, 1.82) is 0 Å². The highest BCUT2D eigenvalue weighted by molar-refractivity contribution is 7.99. The molecule has 0 saturated heterocycles. The molecule has 0 saturated carbocycles. The van der Waals surface area contributed by atoms with Crippen LogP contribution in [-0.4, -0.2) is 23.2 Å². The first-order valence-corrected chi connectivity index (χ1v) is 8.09. The fourth-order valence-electron chi connectivity index (χ4n) is 2.11. The Balaban J connectivity index is 2.22. The highest BCUT2D eigenvalue weighted by Gasteiger charge is 2.14. The maximum absolute atomic E-state index is 9.44. The second-order valence-electron chi connectivity index (χ2n) is 4.89. The Labute approximate surface area is 125 Å². The van der Waals surface area contributed by atoms with E-state index in [-0.39, 0.29) is 6.04 Å². The van der Waals surface area contributed by atoms with Crippen LogP contribution in [-0.2, 0) is 0 Å². The first-order valence-electron chi connectivity index (χ1n) is 6.80. The molecule has 20 heavy (non-hydrogen) atoms. The fourth-order valence-corrected chi connectivity index (χ4v) is 2.37. The number of nitrogens with one attached hydrogen (secondary N) is 1. The van der Waals surface area contributed by atoms with Crippen molar-refractivity contribution in [2.24, 2.45) is 0 Å². The predicted octanol–water partition coefficient (Wildman–Crippen LogP) is 3.82. The van der Waals surface area contributed by atoms with E-state index in [1.807, 2.05) is 30.0 Å². The molecule has 2 N–H and O–H groups in total. The van der Waals surface area contributed by atoms with Gasteiger partial charge in [0.05, 0.1) is 6.04 Å². The molecule has 2 nitrogen and oxygen atoms in total. The highest BCUT2D eigenvalue weighted by atomic mass is 32.2. The highest BCUT2D eigenvalue weighted by Crippen LogP contribution is 2.24. The van der Waals surface area contributed by atoms with E-state index < -0.39 is 0 Å². The number of benzene rings is 2. The van der Waals surface area contributed by atoms with Gasteiger partial charge >= 0.3 is 0 Å². The third kappa shape index (κ3) is 4.02. The maximum atomic E-state index is 9.44. The second-order valence-corrected chi connectivity index (χ2v) is 6.17. The van der Waals surface area contributed by atoms with Crippen LogP contribution in [0.3, 0.4) is 0 Å². The van der Waals surface area contributed by atoms with Gasteiger partial charge in [0.2, 0.25) is 0 Å². The summed E-state index contributed by atoms with van der Waals surface area (Å²) in [7, 11) is 0. The van der Waals surface area contributed by atoms with Crippen LogP contribution in [0.15, 0.2) is 54.6 Å². The molecule has 0 spiro atoms. The van der Waals surface area contributed by atoms with Gasteiger partial charge in [-0.3, -0.25) is 0 Å². The first-order chi connectivity index (χ1) is 9.70. The molecule has 0 radical (unpaired) electrons. The van der Waals surface area contributed by atoms with Gasteiger partial charge < -0.3 is 10.4 Å². The normalized spacial score (nSPS) is 13.9. The third-order valence-corrected chi connectivity index (χ3v) is 4.34. The van der Waals surface area contributed by atoms with Crippen LogP contribution in [0.1, 0.15) is 24.1 Å². The molecule has 2 unspecified atom stereocenters. The Kier molecular flexibility index (Phi) is 5.50. The van der Waals surface area contributed by atoms with E-state index in [2.05, 4.69) is 42.8 Å². The van der Waals surface area contributed by atoms with E-state index >= 15 is 0 Å². The van der Waals surface area contributed by atoms with E-state index in [0.717, 1.165) is 6.54 Å². The van der Waals surface area contributed by atoms with Gasteiger partial charge in [-0.1, -0.05) is 49.4 Å². The largest absolute Gasteiger partial charge is 0.508 e. The Morgan fingerprint density at radius 2 is 1.60 bits per heavy atom. The summed E-state index contributed by atoms with van der Waals surface area (Å²) in [6.07, 6.45) is 2.13. The van der Waals surface area contributed by atoms with Crippen molar-refractivity contribution in [1.82, 2.24) is 5.32 Å². The summed E-state index contributed by atoms with van der Waals surface area (Å²) in [5.41, 5.74) is 2.41. The monoisotopic (exact) mass is 287 g/mol. The minimum atomic E-state index is 0.159. The molecular weight excluding hydrogens is 266 g/mol. The topological polar surface area (TPSA) is 32.3 Å². The van der Waals surface area contributed by atoms with Crippen LogP contribution in [0.25, 0.3) is 0 Å². The number of phenols is 1. The molecule has 2 aromatic carbocycles. The summed E-state index contributed by atoms with van der Waals surface area (Å²) < 4.78 is 0. The summed E-state index contributed by atoms with van der Waals surface area (Å²) in [6, 6.07) is 18.0. The smallest absolute Gasteiger partial charge is 0.115 e. The standard InChI is InChI=1S/C17H21NOS/c1-13(20-2)12-18-17(14-6-4-3-5-7-14)15-8-10-16(19)11-9-15/h3-11,13,17-19H,12H2,1-2H3. The minimum Gasteiger partial charge on any atom is -0.508 e. The van der Waals surface area contributed by atoms with E-state index in [1.54, 1.807) is 12.1 Å². The number of hydrogen-bond donors (Lipinski definition) is 2. The van der Waals surface area contributed by atoms with Crippen LogP contribution < -0.4 is 5.32 Å². The summed E-state index contributed by atoms with van der Waals surface area (Å²) in [6.45, 7) is 3.16. The van der Waals surface area contributed by atoms with Crippen LogP contribution in [0.2, 0.25) is 0 Å². The summed E-state index contributed by atoms with van der Waals surface area (Å²) in [4.78, 5) is 0. The molecule has 2 rings (SSSR count). The number of hydrogen-bond acceptors (Lipinski definition) is 3. The van der Waals surface area contributed by atoms with Gasteiger partial charge in [-0.2, -0.15) is 11.8 Å². The average molecular weight is 287 g/mol. The lowest BCUT2D eigenvalue weighted by Crippen LogP contribution is -2.28. The summed E-state index contributed by atoms with van der Waals surface area (Å²) in [5.74, 6) is 0.304. The number of aromatic hydroxyl groups is 1. The lowest BCUT2D eigenvalue weighted by molar-refractivity contribution is 0.474. The zero-order chi connectivity index (χ0) is 14.4. The molecular formula is C17H21NOS. The van der Waals surface area contributed by atoms with Gasteiger partial charge in [0.25, 0.3) is 0 Å². The maximum Gasteiger partial charge on any atom is 0.115 e. The molecule has 0 aliphatic rings. The van der Waals surface area contributed by atoms with Crippen molar-refractivity contribution < 1.29 is 5.11 Å². The van der Waals surface area contributed by atoms with Crippen LogP contribution >= 0.6 is 11.8 Å². The molecule has 106 valence electrons. The Bertz CT molecular complexity index is 512.